The Labute approximate surface area is 148 Å². The summed E-state index contributed by atoms with van der Waals surface area (Å²) in [6.07, 6.45) is 6.90. The second-order valence-electron chi connectivity index (χ2n) is 8.17. The van der Waals surface area contributed by atoms with Crippen molar-refractivity contribution in [2.45, 2.75) is 31.2 Å². The molecule has 5 rings (SSSR count). The van der Waals surface area contributed by atoms with Crippen LogP contribution in [-0.4, -0.2) is 70.1 Å². The maximum Gasteiger partial charge on any atom is 0.177 e. The van der Waals surface area contributed by atoms with Crippen molar-refractivity contribution < 1.29 is 4.74 Å². The van der Waals surface area contributed by atoms with E-state index in [-0.39, 0.29) is 5.54 Å². The summed E-state index contributed by atoms with van der Waals surface area (Å²) in [5.74, 6) is 2.57. The number of hydrogen-bond acceptors (Lipinski definition) is 6. The number of fused-ring (bicyclic) bond motifs is 1. The molecule has 1 atom stereocenters. The van der Waals surface area contributed by atoms with Gasteiger partial charge in [0.05, 0.1) is 5.54 Å². The fraction of sp³-hybridized carbons (Fsp3) is 0.722. The van der Waals surface area contributed by atoms with Gasteiger partial charge in [-0.3, -0.25) is 4.90 Å². The lowest BCUT2D eigenvalue weighted by Gasteiger charge is -2.58. The Bertz CT molecular complexity index is 751. The number of likely N-dealkylation sites (tertiary alicyclic amines) is 1. The highest BCUT2D eigenvalue weighted by Gasteiger charge is 2.49. The van der Waals surface area contributed by atoms with E-state index in [4.69, 9.17) is 4.74 Å². The number of ether oxygens (including phenoxy) is 1. The number of aromatic nitrogens is 4. The molecule has 0 bridgehead atoms. The Hall–Kier alpha value is -1.73. The highest BCUT2D eigenvalue weighted by molar-refractivity contribution is 5.48. The molecule has 2 aromatic rings. The van der Waals surface area contributed by atoms with Crippen LogP contribution in [0.5, 0.6) is 0 Å². The summed E-state index contributed by atoms with van der Waals surface area (Å²) < 4.78 is 7.73. The molecule has 25 heavy (non-hydrogen) atoms. The normalized spacial score (nSPS) is 26.3. The van der Waals surface area contributed by atoms with Crippen LogP contribution < -0.4 is 4.90 Å². The lowest BCUT2D eigenvalue weighted by Crippen LogP contribution is -2.72. The summed E-state index contributed by atoms with van der Waals surface area (Å²) in [5, 5.41) is 12.6. The van der Waals surface area contributed by atoms with Crippen molar-refractivity contribution in [3.63, 3.8) is 0 Å². The highest BCUT2D eigenvalue weighted by atomic mass is 16.5. The molecule has 1 saturated carbocycles. The van der Waals surface area contributed by atoms with Crippen LogP contribution in [0.25, 0.3) is 5.65 Å². The van der Waals surface area contributed by atoms with Gasteiger partial charge in [-0.25, -0.2) is 0 Å². The Morgan fingerprint density at radius 1 is 1.16 bits per heavy atom. The summed E-state index contributed by atoms with van der Waals surface area (Å²) in [6, 6.07) is 4.04. The van der Waals surface area contributed by atoms with Gasteiger partial charge in [-0.1, -0.05) is 0 Å². The van der Waals surface area contributed by atoms with Gasteiger partial charge in [0.25, 0.3) is 0 Å². The van der Waals surface area contributed by atoms with Crippen molar-refractivity contribution in [3.8, 4) is 0 Å². The van der Waals surface area contributed by atoms with Gasteiger partial charge in [-0.05, 0) is 63.2 Å². The number of likely N-dealkylation sites (N-methyl/N-ethyl adjacent to an activating group) is 1. The van der Waals surface area contributed by atoms with E-state index in [2.05, 4.69) is 38.2 Å². The van der Waals surface area contributed by atoms with Gasteiger partial charge in [0.2, 0.25) is 0 Å². The molecule has 0 radical (unpaired) electrons. The van der Waals surface area contributed by atoms with Gasteiger partial charge in [-0.15, -0.1) is 15.3 Å². The van der Waals surface area contributed by atoms with Gasteiger partial charge >= 0.3 is 0 Å². The van der Waals surface area contributed by atoms with Crippen molar-refractivity contribution >= 4 is 11.5 Å². The molecule has 1 aliphatic carbocycles. The molecular formula is C18H26N6O. The monoisotopic (exact) mass is 342 g/mol. The molecule has 0 N–H and O–H groups in total. The van der Waals surface area contributed by atoms with E-state index in [1.54, 1.807) is 10.8 Å². The van der Waals surface area contributed by atoms with E-state index in [0.29, 0.717) is 5.92 Å². The van der Waals surface area contributed by atoms with E-state index in [1.165, 1.54) is 32.2 Å². The molecule has 2 aromatic heterocycles. The van der Waals surface area contributed by atoms with Gasteiger partial charge < -0.3 is 9.64 Å². The summed E-state index contributed by atoms with van der Waals surface area (Å²) in [5.41, 5.74) is 1.08. The quantitative estimate of drug-likeness (QED) is 0.820. The molecule has 1 spiro atoms. The SMILES string of the molecule is CN1CC[C@@H](COCC2CC2)CC12CN(c1ccc3nncn3n1)C2. The first-order valence-electron chi connectivity index (χ1n) is 9.43. The maximum absolute atomic E-state index is 5.98. The molecule has 0 aromatic carbocycles. The molecule has 3 fully saturated rings. The van der Waals surface area contributed by atoms with Gasteiger partial charge in [-0.2, -0.15) is 4.52 Å². The van der Waals surface area contributed by atoms with E-state index in [9.17, 15) is 0 Å². The van der Waals surface area contributed by atoms with Crippen molar-refractivity contribution in [2.24, 2.45) is 11.8 Å². The van der Waals surface area contributed by atoms with E-state index in [1.807, 2.05) is 6.07 Å². The minimum atomic E-state index is 0.287. The average Bonchev–Trinajstić information content (AvgIpc) is 3.29. The predicted molar refractivity (Wildman–Crippen MR) is 94.6 cm³/mol. The Morgan fingerprint density at radius 3 is 2.84 bits per heavy atom. The minimum absolute atomic E-state index is 0.287. The van der Waals surface area contributed by atoms with Crippen LogP contribution in [0.1, 0.15) is 25.7 Å². The summed E-state index contributed by atoms with van der Waals surface area (Å²) in [4.78, 5) is 4.92. The molecule has 7 heteroatoms. The molecular weight excluding hydrogens is 316 g/mol. The zero-order valence-corrected chi connectivity index (χ0v) is 14.8. The smallest absolute Gasteiger partial charge is 0.177 e. The predicted octanol–water partition coefficient (Wildman–Crippen LogP) is 1.45. The van der Waals surface area contributed by atoms with Gasteiger partial charge in [0, 0.05) is 26.3 Å². The number of anilines is 1. The summed E-state index contributed by atoms with van der Waals surface area (Å²) in [6.45, 7) is 5.18. The second-order valence-corrected chi connectivity index (χ2v) is 8.17. The molecule has 134 valence electrons. The van der Waals surface area contributed by atoms with E-state index >= 15 is 0 Å². The van der Waals surface area contributed by atoms with Crippen LogP contribution in [-0.2, 0) is 4.74 Å². The van der Waals surface area contributed by atoms with Crippen molar-refractivity contribution in [1.82, 2.24) is 24.7 Å². The minimum Gasteiger partial charge on any atom is -0.381 e. The van der Waals surface area contributed by atoms with Crippen molar-refractivity contribution in [2.75, 3.05) is 44.8 Å². The van der Waals surface area contributed by atoms with E-state index < -0.39 is 0 Å². The maximum atomic E-state index is 5.98. The van der Waals surface area contributed by atoms with E-state index in [0.717, 1.165) is 43.7 Å². The molecule has 3 aliphatic rings. The molecule has 2 saturated heterocycles. The third kappa shape index (κ3) is 2.89. The lowest BCUT2D eigenvalue weighted by atomic mass is 9.75. The van der Waals surface area contributed by atoms with Gasteiger partial charge in [0.1, 0.15) is 12.1 Å². The van der Waals surface area contributed by atoms with Crippen LogP contribution in [0.4, 0.5) is 5.82 Å². The van der Waals surface area contributed by atoms with Crippen LogP contribution in [0.2, 0.25) is 0 Å². The number of hydrogen-bond donors (Lipinski definition) is 0. The highest BCUT2D eigenvalue weighted by Crippen LogP contribution is 2.40. The third-order valence-electron chi connectivity index (χ3n) is 6.20. The third-order valence-corrected chi connectivity index (χ3v) is 6.20. The Morgan fingerprint density at radius 2 is 2.00 bits per heavy atom. The van der Waals surface area contributed by atoms with Gasteiger partial charge in [0.15, 0.2) is 5.65 Å². The average molecular weight is 342 g/mol. The largest absolute Gasteiger partial charge is 0.381 e. The first-order chi connectivity index (χ1) is 12.2. The summed E-state index contributed by atoms with van der Waals surface area (Å²) >= 11 is 0. The molecule has 4 heterocycles. The van der Waals surface area contributed by atoms with Crippen LogP contribution in [0.15, 0.2) is 18.5 Å². The Balaban J connectivity index is 1.22. The fourth-order valence-electron chi connectivity index (χ4n) is 4.32. The number of nitrogens with zero attached hydrogens (tertiary/aromatic N) is 6. The zero-order valence-electron chi connectivity index (χ0n) is 14.8. The topological polar surface area (TPSA) is 58.8 Å². The Kier molecular flexibility index (Phi) is 3.67. The molecule has 0 amide bonds. The molecule has 0 unspecified atom stereocenters. The van der Waals surface area contributed by atoms with Crippen LogP contribution in [0, 0.1) is 11.8 Å². The number of rotatable bonds is 5. The zero-order chi connectivity index (χ0) is 16.9. The van der Waals surface area contributed by atoms with Crippen molar-refractivity contribution in [1.29, 1.82) is 0 Å². The van der Waals surface area contributed by atoms with Crippen LogP contribution >= 0.6 is 0 Å². The fourth-order valence-corrected chi connectivity index (χ4v) is 4.32. The molecule has 7 nitrogen and oxygen atoms in total. The molecule has 2 aliphatic heterocycles. The second kappa shape index (κ2) is 5.92. The lowest BCUT2D eigenvalue weighted by molar-refractivity contribution is -0.0138. The summed E-state index contributed by atoms with van der Waals surface area (Å²) in [7, 11) is 2.27. The standard InChI is InChI=1S/C18H26N6O/c1-22-7-6-15(10-25-9-14-2-3-14)8-18(22)11-23(12-18)17-5-4-16-20-19-13-24(16)21-17/h4-5,13-15H,2-3,6-12H2,1H3/t15-/m1/s1. The first kappa shape index (κ1) is 15.5. The van der Waals surface area contributed by atoms with Crippen LogP contribution in [0.3, 0.4) is 0 Å². The first-order valence-corrected chi connectivity index (χ1v) is 9.43. The van der Waals surface area contributed by atoms with Crippen molar-refractivity contribution in [3.05, 3.63) is 18.5 Å². The number of piperidine rings is 1.